The maximum Gasteiger partial charge on any atom is 0.255 e. The quantitative estimate of drug-likeness (QED) is 0.775. The van der Waals surface area contributed by atoms with Crippen molar-refractivity contribution in [1.29, 1.82) is 0 Å². The third-order valence-electron chi connectivity index (χ3n) is 4.25. The van der Waals surface area contributed by atoms with E-state index in [2.05, 4.69) is 15.6 Å². The summed E-state index contributed by atoms with van der Waals surface area (Å²) in [6.07, 6.45) is 2.09. The van der Waals surface area contributed by atoms with E-state index in [1.807, 2.05) is 0 Å². The largest absolute Gasteiger partial charge is 0.493 e. The number of nitrogens with one attached hydrogen (secondary N) is 2. The summed E-state index contributed by atoms with van der Waals surface area (Å²) in [5.74, 6) is 1.59. The first kappa shape index (κ1) is 19.0. The number of hydrogen-bond acceptors (Lipinski definition) is 7. The minimum Gasteiger partial charge on any atom is -0.493 e. The number of anilines is 2. The molecule has 0 aliphatic carbocycles. The summed E-state index contributed by atoms with van der Waals surface area (Å²) in [5, 5.41) is 5.86. The zero-order valence-electron chi connectivity index (χ0n) is 15.1. The van der Waals surface area contributed by atoms with Crippen LogP contribution in [0.2, 0.25) is 0 Å². The Balaban J connectivity index is 1.63. The first-order chi connectivity index (χ1) is 12.9. The Morgan fingerprint density at radius 2 is 1.93 bits per heavy atom. The Hall–Kier alpha value is -2.81. The van der Waals surface area contributed by atoms with Crippen LogP contribution in [0.25, 0.3) is 0 Å². The molecule has 1 amide bonds. The van der Waals surface area contributed by atoms with Crippen molar-refractivity contribution in [2.75, 3.05) is 36.4 Å². The van der Waals surface area contributed by atoms with Crippen molar-refractivity contribution in [3.63, 3.8) is 0 Å². The summed E-state index contributed by atoms with van der Waals surface area (Å²) >= 11 is 0. The van der Waals surface area contributed by atoms with Gasteiger partial charge in [-0.25, -0.2) is 13.4 Å². The number of aromatic nitrogens is 1. The summed E-state index contributed by atoms with van der Waals surface area (Å²) in [6, 6.07) is 8.18. The molecule has 0 spiro atoms. The molecule has 3 rings (SSSR count). The Labute approximate surface area is 157 Å². The fourth-order valence-electron chi connectivity index (χ4n) is 2.85. The maximum atomic E-state index is 12.4. The molecule has 0 radical (unpaired) electrons. The van der Waals surface area contributed by atoms with Gasteiger partial charge in [-0.05, 0) is 36.8 Å². The average molecular weight is 391 g/mol. The molecule has 1 fully saturated rings. The van der Waals surface area contributed by atoms with Crippen LogP contribution in [0, 0.1) is 0 Å². The molecule has 1 saturated heterocycles. The van der Waals surface area contributed by atoms with Crippen LogP contribution in [0.4, 0.5) is 11.5 Å². The van der Waals surface area contributed by atoms with Crippen LogP contribution in [0.1, 0.15) is 16.8 Å². The molecule has 27 heavy (non-hydrogen) atoms. The smallest absolute Gasteiger partial charge is 0.255 e. The first-order valence-corrected chi connectivity index (χ1v) is 10.2. The number of pyridine rings is 1. The van der Waals surface area contributed by atoms with E-state index in [0.29, 0.717) is 35.0 Å². The van der Waals surface area contributed by atoms with Gasteiger partial charge in [0.25, 0.3) is 5.91 Å². The van der Waals surface area contributed by atoms with Gasteiger partial charge in [-0.3, -0.25) is 4.79 Å². The summed E-state index contributed by atoms with van der Waals surface area (Å²) in [5.41, 5.74) is 0.949. The van der Waals surface area contributed by atoms with Gasteiger partial charge in [-0.2, -0.15) is 0 Å². The van der Waals surface area contributed by atoms with Gasteiger partial charge < -0.3 is 20.1 Å². The number of hydrogen-bond donors (Lipinski definition) is 2. The van der Waals surface area contributed by atoms with E-state index in [4.69, 9.17) is 9.47 Å². The van der Waals surface area contributed by atoms with E-state index in [1.54, 1.807) is 30.3 Å². The van der Waals surface area contributed by atoms with Crippen molar-refractivity contribution < 1.29 is 22.7 Å². The molecule has 8 nitrogen and oxygen atoms in total. The maximum absolute atomic E-state index is 12.4. The Morgan fingerprint density at radius 1 is 1.15 bits per heavy atom. The monoisotopic (exact) mass is 391 g/mol. The molecule has 1 atom stereocenters. The number of sulfone groups is 1. The number of carbonyl (C=O) groups excluding carboxylic acids is 1. The van der Waals surface area contributed by atoms with Crippen molar-refractivity contribution >= 4 is 27.2 Å². The van der Waals surface area contributed by atoms with Crippen LogP contribution in [0.5, 0.6) is 11.5 Å². The highest BCUT2D eigenvalue weighted by Gasteiger charge is 2.27. The van der Waals surface area contributed by atoms with Crippen LogP contribution in [0.15, 0.2) is 36.5 Å². The SMILES string of the molecule is COc1ccc(C(=O)Nc2ccc(NC3CCS(=O)(=O)C3)nc2)cc1OC. The molecule has 1 aliphatic heterocycles. The van der Waals surface area contributed by atoms with Gasteiger partial charge in [0.2, 0.25) is 0 Å². The standard InChI is InChI=1S/C18H21N3O5S/c1-25-15-5-3-12(9-16(15)26-2)18(22)21-13-4-6-17(19-10-13)20-14-7-8-27(23,24)11-14/h3-6,9-10,14H,7-8,11H2,1-2H3,(H,19,20)(H,21,22). The molecule has 2 aromatic rings. The second kappa shape index (κ2) is 7.83. The van der Waals surface area contributed by atoms with E-state index in [0.717, 1.165) is 0 Å². The van der Waals surface area contributed by atoms with E-state index in [1.165, 1.54) is 20.4 Å². The fourth-order valence-corrected chi connectivity index (χ4v) is 4.53. The number of benzene rings is 1. The molecule has 2 heterocycles. The molecule has 9 heteroatoms. The number of amides is 1. The molecular weight excluding hydrogens is 370 g/mol. The lowest BCUT2D eigenvalue weighted by Gasteiger charge is -2.12. The third-order valence-corrected chi connectivity index (χ3v) is 6.02. The lowest BCUT2D eigenvalue weighted by molar-refractivity contribution is 0.102. The third kappa shape index (κ3) is 4.68. The molecule has 0 bridgehead atoms. The lowest BCUT2D eigenvalue weighted by atomic mass is 10.2. The highest BCUT2D eigenvalue weighted by molar-refractivity contribution is 7.91. The molecule has 2 N–H and O–H groups in total. The summed E-state index contributed by atoms with van der Waals surface area (Å²) in [7, 11) is 0.0848. The zero-order valence-corrected chi connectivity index (χ0v) is 15.9. The van der Waals surface area contributed by atoms with E-state index in [9.17, 15) is 13.2 Å². The Bertz CT molecular complexity index is 929. The normalized spacial score (nSPS) is 17.9. The average Bonchev–Trinajstić information content (AvgIpc) is 3.01. The van der Waals surface area contributed by atoms with Crippen molar-refractivity contribution in [2.24, 2.45) is 0 Å². The Morgan fingerprint density at radius 3 is 2.52 bits per heavy atom. The van der Waals surface area contributed by atoms with E-state index < -0.39 is 9.84 Å². The van der Waals surface area contributed by atoms with Crippen molar-refractivity contribution in [2.45, 2.75) is 12.5 Å². The summed E-state index contributed by atoms with van der Waals surface area (Å²) in [6.45, 7) is 0. The van der Waals surface area contributed by atoms with Crippen LogP contribution in [-0.2, 0) is 9.84 Å². The molecule has 0 saturated carbocycles. The highest BCUT2D eigenvalue weighted by Crippen LogP contribution is 2.28. The molecule has 1 aromatic heterocycles. The van der Waals surface area contributed by atoms with Crippen molar-refractivity contribution in [3.05, 3.63) is 42.1 Å². The second-order valence-electron chi connectivity index (χ2n) is 6.20. The van der Waals surface area contributed by atoms with Gasteiger partial charge in [0, 0.05) is 11.6 Å². The predicted octanol–water partition coefficient (Wildman–Crippen LogP) is 1.95. The second-order valence-corrected chi connectivity index (χ2v) is 8.43. The fraction of sp³-hybridized carbons (Fsp3) is 0.333. The molecular formula is C18H21N3O5S. The minimum absolute atomic E-state index is 0.118. The number of nitrogens with zero attached hydrogens (tertiary/aromatic N) is 1. The van der Waals surface area contributed by atoms with Crippen LogP contribution in [-0.4, -0.2) is 51.1 Å². The van der Waals surface area contributed by atoms with Gasteiger partial charge >= 0.3 is 0 Å². The van der Waals surface area contributed by atoms with Gasteiger partial charge in [0.1, 0.15) is 5.82 Å². The van der Waals surface area contributed by atoms with Crippen molar-refractivity contribution in [1.82, 2.24) is 4.98 Å². The summed E-state index contributed by atoms with van der Waals surface area (Å²) < 4.78 is 33.4. The molecule has 1 unspecified atom stereocenters. The van der Waals surface area contributed by atoms with E-state index in [-0.39, 0.29) is 23.5 Å². The zero-order chi connectivity index (χ0) is 19.4. The van der Waals surface area contributed by atoms with Gasteiger partial charge in [0.05, 0.1) is 37.6 Å². The molecule has 144 valence electrons. The van der Waals surface area contributed by atoms with Gasteiger partial charge in [-0.1, -0.05) is 0 Å². The molecule has 1 aromatic carbocycles. The van der Waals surface area contributed by atoms with Gasteiger partial charge in [0.15, 0.2) is 21.3 Å². The Kier molecular flexibility index (Phi) is 5.50. The van der Waals surface area contributed by atoms with Crippen molar-refractivity contribution in [3.8, 4) is 11.5 Å². The van der Waals surface area contributed by atoms with Crippen LogP contribution < -0.4 is 20.1 Å². The lowest BCUT2D eigenvalue weighted by Crippen LogP contribution is -2.21. The number of carbonyl (C=O) groups is 1. The molecule has 1 aliphatic rings. The summed E-state index contributed by atoms with van der Waals surface area (Å²) in [4.78, 5) is 16.6. The predicted molar refractivity (Wildman–Crippen MR) is 102 cm³/mol. The number of rotatable bonds is 6. The van der Waals surface area contributed by atoms with Gasteiger partial charge in [-0.15, -0.1) is 0 Å². The minimum atomic E-state index is -2.95. The van der Waals surface area contributed by atoms with Crippen LogP contribution >= 0.6 is 0 Å². The van der Waals surface area contributed by atoms with E-state index >= 15 is 0 Å². The number of ether oxygens (including phenoxy) is 2. The topological polar surface area (TPSA) is 107 Å². The highest BCUT2D eigenvalue weighted by atomic mass is 32.2. The first-order valence-electron chi connectivity index (χ1n) is 8.36. The van der Waals surface area contributed by atoms with Crippen LogP contribution in [0.3, 0.4) is 0 Å². The number of methoxy groups -OCH3 is 2.